The van der Waals surface area contributed by atoms with Crippen molar-refractivity contribution in [2.45, 2.75) is 45.8 Å². The van der Waals surface area contributed by atoms with Crippen LogP contribution in [0.3, 0.4) is 0 Å². The topological polar surface area (TPSA) is 80.3 Å². The van der Waals surface area contributed by atoms with Crippen molar-refractivity contribution in [3.8, 4) is 0 Å². The summed E-state index contributed by atoms with van der Waals surface area (Å²) in [5.41, 5.74) is -3.29. The number of hydrogen-bond acceptors (Lipinski definition) is 7. The third-order valence-corrected chi connectivity index (χ3v) is 7.77. The molecule has 2 unspecified atom stereocenters. The van der Waals surface area contributed by atoms with Gasteiger partial charge >= 0.3 is 123 Å². The van der Waals surface area contributed by atoms with Crippen LogP contribution in [0, 0.1) is 5.41 Å². The molecule has 0 aromatic carbocycles. The van der Waals surface area contributed by atoms with Gasteiger partial charge in [-0.15, -0.1) is 0 Å². The van der Waals surface area contributed by atoms with Crippen molar-refractivity contribution in [2.75, 3.05) is 19.8 Å². The molecule has 2 bridgehead atoms. The molecule has 0 amide bonds. The van der Waals surface area contributed by atoms with Crippen LogP contribution in [0.1, 0.15) is 34.6 Å². The first kappa shape index (κ1) is 15.5. The molecule has 0 aromatic rings. The number of rotatable bonds is 2. The first-order valence-electron chi connectivity index (χ1n) is 6.91. The normalized spacial score (nSPS) is 48.7. The minimum atomic E-state index is -4.35. The average Bonchev–Trinajstić information content (AvgIpc) is 2.61. The molecule has 4 heterocycles. The molecule has 0 saturated carbocycles. The van der Waals surface area contributed by atoms with Gasteiger partial charge in [-0.2, -0.15) is 0 Å². The van der Waals surface area contributed by atoms with E-state index in [0.717, 1.165) is 0 Å². The Morgan fingerprint density at radius 1 is 0.810 bits per heavy atom. The number of hydrogen-bond donors (Lipinski definition) is 0. The summed E-state index contributed by atoms with van der Waals surface area (Å²) in [7, 11) is -4.35. The molecular weight excluding hydrogens is 299 g/mol. The zero-order valence-electron chi connectivity index (χ0n) is 12.9. The van der Waals surface area contributed by atoms with Crippen LogP contribution in [0.5, 0.6) is 0 Å². The quantitative estimate of drug-likeness (QED) is 0.719. The van der Waals surface area contributed by atoms with Gasteiger partial charge in [0.25, 0.3) is 0 Å². The van der Waals surface area contributed by atoms with E-state index >= 15 is 0 Å². The number of ketones is 2. The third kappa shape index (κ3) is 1.76. The van der Waals surface area contributed by atoms with Gasteiger partial charge in [-0.3, -0.25) is 0 Å². The van der Waals surface area contributed by atoms with Gasteiger partial charge in [-0.1, -0.05) is 0 Å². The SMILES string of the molecule is CC(=O)C1(C)OP23(OCC(C)(CO2)CO3)OC1(C)C(C)=O. The Bertz CT molecular complexity index is 487. The fourth-order valence-electron chi connectivity index (χ4n) is 2.77. The molecule has 0 radical (unpaired) electrons. The van der Waals surface area contributed by atoms with Crippen molar-refractivity contribution in [1.29, 1.82) is 0 Å². The van der Waals surface area contributed by atoms with Gasteiger partial charge in [0.05, 0.1) is 0 Å². The Kier molecular flexibility index (Phi) is 2.88. The number of carbonyl (C=O) groups is 2. The van der Waals surface area contributed by atoms with Crippen LogP contribution in [0.4, 0.5) is 0 Å². The maximum absolute atomic E-state index is 12.1. The average molecular weight is 320 g/mol. The van der Waals surface area contributed by atoms with E-state index in [1.807, 2.05) is 6.92 Å². The molecule has 21 heavy (non-hydrogen) atoms. The van der Waals surface area contributed by atoms with Gasteiger partial charge in [0, 0.05) is 0 Å². The fourth-order valence-corrected chi connectivity index (χ4v) is 6.71. The van der Waals surface area contributed by atoms with E-state index in [9.17, 15) is 9.59 Å². The van der Waals surface area contributed by atoms with Crippen molar-refractivity contribution in [3.05, 3.63) is 0 Å². The van der Waals surface area contributed by atoms with Gasteiger partial charge in [-0.25, -0.2) is 0 Å². The second-order valence-electron chi connectivity index (χ2n) is 6.74. The van der Waals surface area contributed by atoms with Crippen LogP contribution in [0.25, 0.3) is 0 Å². The van der Waals surface area contributed by atoms with Gasteiger partial charge < -0.3 is 0 Å². The van der Waals surface area contributed by atoms with E-state index in [1.165, 1.54) is 27.7 Å². The van der Waals surface area contributed by atoms with E-state index in [-0.39, 0.29) is 17.0 Å². The number of Topliss-reactive ketones (excluding diaryl/α,β-unsaturated/α-hetero) is 2. The van der Waals surface area contributed by atoms with Crippen LogP contribution in [0.15, 0.2) is 0 Å². The predicted octanol–water partition coefficient (Wildman–Crippen LogP) is 1.94. The minimum absolute atomic E-state index is 0.268. The molecule has 8 heteroatoms. The third-order valence-electron chi connectivity index (χ3n) is 4.79. The molecule has 4 aliphatic heterocycles. The van der Waals surface area contributed by atoms with Gasteiger partial charge in [-0.05, 0) is 0 Å². The molecule has 2 atom stereocenters. The zero-order chi connectivity index (χ0) is 15.8. The van der Waals surface area contributed by atoms with Gasteiger partial charge in [0.1, 0.15) is 0 Å². The van der Waals surface area contributed by atoms with Crippen molar-refractivity contribution < 1.29 is 32.2 Å². The van der Waals surface area contributed by atoms with Crippen LogP contribution in [-0.4, -0.2) is 42.6 Å². The summed E-state index contributed by atoms with van der Waals surface area (Å²) < 4.78 is 29.0. The molecule has 0 aromatic heterocycles. The van der Waals surface area contributed by atoms with Crippen molar-refractivity contribution in [3.63, 3.8) is 0 Å². The Labute approximate surface area is 123 Å². The summed E-state index contributed by atoms with van der Waals surface area (Å²) in [5, 5.41) is 0. The van der Waals surface area contributed by atoms with E-state index in [0.29, 0.717) is 19.8 Å². The van der Waals surface area contributed by atoms with E-state index in [4.69, 9.17) is 22.6 Å². The first-order valence-corrected chi connectivity index (χ1v) is 8.73. The Morgan fingerprint density at radius 3 is 1.43 bits per heavy atom. The van der Waals surface area contributed by atoms with Crippen LogP contribution < -0.4 is 0 Å². The molecule has 4 aliphatic rings. The van der Waals surface area contributed by atoms with E-state index in [1.54, 1.807) is 0 Å². The van der Waals surface area contributed by atoms with Crippen molar-refractivity contribution in [1.82, 2.24) is 0 Å². The van der Waals surface area contributed by atoms with Gasteiger partial charge in [0.15, 0.2) is 0 Å². The summed E-state index contributed by atoms with van der Waals surface area (Å²) in [5.74, 6) is -0.683. The summed E-state index contributed by atoms with van der Waals surface area (Å²) in [4.78, 5) is 24.3. The molecule has 4 saturated heterocycles. The second kappa shape index (κ2) is 3.91. The molecular formula is C13H21O7P. The van der Waals surface area contributed by atoms with Crippen molar-refractivity contribution >= 4 is 19.3 Å². The molecule has 4 fully saturated rings. The van der Waals surface area contributed by atoms with Gasteiger partial charge in [0.2, 0.25) is 0 Å². The summed E-state index contributed by atoms with van der Waals surface area (Å²) in [6.45, 7) is 8.72. The number of fused-ring (bicyclic) bond motifs is 3. The first-order chi connectivity index (χ1) is 9.49. The summed E-state index contributed by atoms with van der Waals surface area (Å²) >= 11 is 0. The Morgan fingerprint density at radius 2 is 1.14 bits per heavy atom. The van der Waals surface area contributed by atoms with Crippen LogP contribution in [0.2, 0.25) is 0 Å². The zero-order valence-corrected chi connectivity index (χ0v) is 13.8. The summed E-state index contributed by atoms with van der Waals surface area (Å²) in [6, 6.07) is 0. The molecule has 1 spiro atoms. The Hall–Kier alpha value is -0.430. The predicted molar refractivity (Wildman–Crippen MR) is 73.2 cm³/mol. The Balaban J connectivity index is 2.09. The molecule has 0 aliphatic carbocycles. The van der Waals surface area contributed by atoms with E-state index < -0.39 is 18.9 Å². The monoisotopic (exact) mass is 320 g/mol. The molecule has 120 valence electrons. The van der Waals surface area contributed by atoms with Crippen LogP contribution >= 0.6 is 7.74 Å². The van der Waals surface area contributed by atoms with Crippen LogP contribution in [-0.2, 0) is 32.2 Å². The van der Waals surface area contributed by atoms with Crippen molar-refractivity contribution in [2.24, 2.45) is 5.41 Å². The maximum atomic E-state index is 12.1. The summed E-state index contributed by atoms with van der Waals surface area (Å²) in [6.07, 6.45) is 0. The molecule has 0 N–H and O–H groups in total. The molecule has 4 rings (SSSR count). The molecule has 7 nitrogen and oxygen atoms in total. The standard InChI is InChI=1S/C13H21O7P/c1-9(14)12(4)13(5,10(2)15)20-21(19-12)16-6-11(3,7-17-21)8-18-21/h6-8H2,1-5H3. The second-order valence-corrected chi connectivity index (χ2v) is 9.37. The number of carbonyl (C=O) groups excluding carboxylic acids is 2. The fraction of sp³-hybridized carbons (Fsp3) is 0.846. The van der Waals surface area contributed by atoms with E-state index in [2.05, 4.69) is 0 Å².